The van der Waals surface area contributed by atoms with E-state index in [9.17, 15) is 18.0 Å². The Morgan fingerprint density at radius 3 is 2.34 bits per heavy atom. The van der Waals surface area contributed by atoms with Crippen molar-refractivity contribution < 1.29 is 27.4 Å². The van der Waals surface area contributed by atoms with Crippen molar-refractivity contribution in [3.63, 3.8) is 0 Å². The molecule has 0 bridgehead atoms. The molecular weight excluding hydrogens is 461 g/mol. The lowest BCUT2D eigenvalue weighted by molar-refractivity contribution is -0.274. The number of carbonyl (C=O) groups excluding carboxylic acids is 1. The van der Waals surface area contributed by atoms with Gasteiger partial charge in [0.15, 0.2) is 5.82 Å². The van der Waals surface area contributed by atoms with Crippen LogP contribution in [-0.4, -0.2) is 42.7 Å². The second-order valence-electron chi connectivity index (χ2n) is 8.11. The number of halogens is 3. The van der Waals surface area contributed by atoms with Crippen LogP contribution in [0, 0.1) is 5.92 Å². The number of alkyl halides is 3. The fourth-order valence-corrected chi connectivity index (χ4v) is 4.07. The molecule has 2 heterocycles. The summed E-state index contributed by atoms with van der Waals surface area (Å²) in [6, 6.07) is 17.1. The van der Waals surface area contributed by atoms with Crippen molar-refractivity contribution in [2.45, 2.75) is 25.7 Å². The number of methoxy groups -OCH3 is 1. The Balaban J connectivity index is 1.31. The van der Waals surface area contributed by atoms with E-state index in [0.717, 1.165) is 11.4 Å². The fraction of sp³-hybridized carbons (Fsp3) is 0.320. The van der Waals surface area contributed by atoms with E-state index in [2.05, 4.69) is 25.2 Å². The van der Waals surface area contributed by atoms with E-state index in [1.54, 1.807) is 13.2 Å². The Hall–Kier alpha value is -3.82. The van der Waals surface area contributed by atoms with E-state index < -0.39 is 6.36 Å². The van der Waals surface area contributed by atoms with Crippen molar-refractivity contribution in [2.24, 2.45) is 5.92 Å². The summed E-state index contributed by atoms with van der Waals surface area (Å²) in [6.07, 6.45) is -3.59. The number of para-hydroxylation sites is 2. The van der Waals surface area contributed by atoms with E-state index >= 15 is 0 Å². The number of piperidine rings is 1. The number of nitrogens with zero attached hydrogens (tertiary/aromatic N) is 3. The number of amides is 1. The van der Waals surface area contributed by atoms with Gasteiger partial charge in [-0.05, 0) is 43.2 Å². The molecule has 35 heavy (non-hydrogen) atoms. The van der Waals surface area contributed by atoms with Gasteiger partial charge in [0.05, 0.1) is 12.8 Å². The smallest absolute Gasteiger partial charge is 0.496 e. The maximum absolute atomic E-state index is 12.6. The second-order valence-corrected chi connectivity index (χ2v) is 8.11. The van der Waals surface area contributed by atoms with Crippen LogP contribution in [-0.2, 0) is 11.3 Å². The molecular formula is C25H25F3N4O3. The average molecular weight is 486 g/mol. The molecule has 1 amide bonds. The Morgan fingerprint density at radius 2 is 1.69 bits per heavy atom. The van der Waals surface area contributed by atoms with Crippen LogP contribution in [0.4, 0.5) is 19.0 Å². The average Bonchev–Trinajstić information content (AvgIpc) is 2.87. The molecule has 1 aliphatic rings. The molecule has 1 saturated heterocycles. The molecule has 1 fully saturated rings. The van der Waals surface area contributed by atoms with Gasteiger partial charge in [-0.2, -0.15) is 0 Å². The normalized spacial score (nSPS) is 14.5. The summed E-state index contributed by atoms with van der Waals surface area (Å²) in [5, 5.41) is 11.4. The van der Waals surface area contributed by atoms with Gasteiger partial charge >= 0.3 is 6.36 Å². The third kappa shape index (κ3) is 6.20. The van der Waals surface area contributed by atoms with Crippen LogP contribution in [0.25, 0.3) is 11.3 Å². The van der Waals surface area contributed by atoms with Crippen LogP contribution in [0.5, 0.6) is 11.5 Å². The topological polar surface area (TPSA) is 76.6 Å². The van der Waals surface area contributed by atoms with Gasteiger partial charge in [-0.1, -0.05) is 30.3 Å². The minimum Gasteiger partial charge on any atom is -0.496 e. The van der Waals surface area contributed by atoms with Crippen molar-refractivity contribution in [2.75, 3.05) is 25.1 Å². The highest BCUT2D eigenvalue weighted by Gasteiger charge is 2.32. The van der Waals surface area contributed by atoms with Gasteiger partial charge in [0.2, 0.25) is 5.91 Å². The molecule has 2 aromatic carbocycles. The number of hydrogen-bond acceptors (Lipinski definition) is 6. The summed E-state index contributed by atoms with van der Waals surface area (Å²) in [7, 11) is 1.61. The number of anilines is 1. The second kappa shape index (κ2) is 10.6. The van der Waals surface area contributed by atoms with Crippen molar-refractivity contribution in [1.82, 2.24) is 15.5 Å². The number of aromatic nitrogens is 2. The molecule has 1 N–H and O–H groups in total. The standard InChI is InChI=1S/C25H25F3N4O3/c1-34-22-9-5-3-7-19(22)20-10-11-23(31-30-20)32-14-12-17(13-15-32)24(33)29-16-18-6-2-4-8-21(18)35-25(26,27)28/h2-11,17H,12-16H2,1H3,(H,29,33). The number of rotatable bonds is 7. The highest BCUT2D eigenvalue weighted by Crippen LogP contribution is 2.29. The zero-order valence-corrected chi connectivity index (χ0v) is 19.1. The summed E-state index contributed by atoms with van der Waals surface area (Å²) in [5.41, 5.74) is 1.82. The number of nitrogens with one attached hydrogen (secondary N) is 1. The molecule has 0 radical (unpaired) electrons. The summed E-state index contributed by atoms with van der Waals surface area (Å²) in [5.74, 6) is 0.701. The van der Waals surface area contributed by atoms with Crippen LogP contribution in [0.3, 0.4) is 0 Å². The largest absolute Gasteiger partial charge is 0.573 e. The summed E-state index contributed by atoms with van der Waals surface area (Å²) < 4.78 is 47.2. The predicted molar refractivity (Wildman–Crippen MR) is 124 cm³/mol. The fourth-order valence-electron chi connectivity index (χ4n) is 4.07. The van der Waals surface area contributed by atoms with Crippen LogP contribution >= 0.6 is 0 Å². The molecule has 10 heteroatoms. The molecule has 0 unspecified atom stereocenters. The molecule has 0 aliphatic carbocycles. The molecule has 1 aliphatic heterocycles. The first-order chi connectivity index (χ1) is 16.8. The van der Waals surface area contributed by atoms with E-state index in [1.807, 2.05) is 36.4 Å². The highest BCUT2D eigenvalue weighted by molar-refractivity contribution is 5.79. The molecule has 4 rings (SSSR count). The molecule has 7 nitrogen and oxygen atoms in total. The number of hydrogen-bond donors (Lipinski definition) is 1. The Kier molecular flexibility index (Phi) is 7.38. The third-order valence-electron chi connectivity index (χ3n) is 5.87. The van der Waals surface area contributed by atoms with Gasteiger partial charge < -0.3 is 19.7 Å². The minimum atomic E-state index is -4.79. The Labute approximate surface area is 200 Å². The number of carbonyl (C=O) groups is 1. The maximum atomic E-state index is 12.6. The van der Waals surface area contributed by atoms with E-state index in [-0.39, 0.29) is 29.7 Å². The molecule has 184 valence electrons. The van der Waals surface area contributed by atoms with Crippen molar-refractivity contribution >= 4 is 11.7 Å². The van der Waals surface area contributed by atoms with Gasteiger partial charge in [0.1, 0.15) is 11.5 Å². The van der Waals surface area contributed by atoms with Gasteiger partial charge in [0, 0.05) is 36.7 Å². The van der Waals surface area contributed by atoms with E-state index in [0.29, 0.717) is 37.4 Å². The monoisotopic (exact) mass is 486 g/mol. The molecule has 3 aromatic rings. The van der Waals surface area contributed by atoms with Gasteiger partial charge in [-0.3, -0.25) is 4.79 Å². The van der Waals surface area contributed by atoms with Crippen molar-refractivity contribution in [3.05, 3.63) is 66.2 Å². The molecule has 0 atom stereocenters. The number of benzene rings is 2. The Morgan fingerprint density at radius 1 is 1.00 bits per heavy atom. The van der Waals surface area contributed by atoms with Crippen molar-refractivity contribution in [3.8, 4) is 22.8 Å². The SMILES string of the molecule is COc1ccccc1-c1ccc(N2CCC(C(=O)NCc3ccccc3OC(F)(F)F)CC2)nn1. The van der Waals surface area contributed by atoms with Crippen LogP contribution in [0.2, 0.25) is 0 Å². The third-order valence-corrected chi connectivity index (χ3v) is 5.87. The van der Waals surface area contributed by atoms with E-state index in [4.69, 9.17) is 4.74 Å². The molecule has 1 aromatic heterocycles. The van der Waals surface area contributed by atoms with Gasteiger partial charge in [0.25, 0.3) is 0 Å². The first kappa shape index (κ1) is 24.3. The van der Waals surface area contributed by atoms with Gasteiger partial charge in [-0.15, -0.1) is 23.4 Å². The summed E-state index contributed by atoms with van der Waals surface area (Å²) >= 11 is 0. The first-order valence-corrected chi connectivity index (χ1v) is 11.2. The van der Waals surface area contributed by atoms with Gasteiger partial charge in [-0.25, -0.2) is 0 Å². The summed E-state index contributed by atoms with van der Waals surface area (Å²) in [6.45, 7) is 1.20. The lowest BCUT2D eigenvalue weighted by Crippen LogP contribution is -2.40. The quantitative estimate of drug-likeness (QED) is 0.527. The Bertz CT molecular complexity index is 1150. The maximum Gasteiger partial charge on any atom is 0.573 e. The van der Waals surface area contributed by atoms with Crippen molar-refractivity contribution in [1.29, 1.82) is 0 Å². The van der Waals surface area contributed by atoms with Crippen LogP contribution < -0.4 is 19.7 Å². The minimum absolute atomic E-state index is 0.0405. The lowest BCUT2D eigenvalue weighted by atomic mass is 9.95. The zero-order chi connectivity index (χ0) is 24.8. The zero-order valence-electron chi connectivity index (χ0n) is 19.1. The van der Waals surface area contributed by atoms with Crippen LogP contribution in [0.1, 0.15) is 18.4 Å². The number of ether oxygens (including phenoxy) is 2. The molecule has 0 spiro atoms. The lowest BCUT2D eigenvalue weighted by Gasteiger charge is -2.31. The van der Waals surface area contributed by atoms with E-state index in [1.165, 1.54) is 18.2 Å². The van der Waals surface area contributed by atoms with Crippen LogP contribution in [0.15, 0.2) is 60.7 Å². The predicted octanol–water partition coefficient (Wildman–Crippen LogP) is 4.58. The highest BCUT2D eigenvalue weighted by atomic mass is 19.4. The first-order valence-electron chi connectivity index (χ1n) is 11.2. The summed E-state index contributed by atoms with van der Waals surface area (Å²) in [4.78, 5) is 14.7. The molecule has 0 saturated carbocycles.